The zero-order chi connectivity index (χ0) is 15.9. The molecule has 0 unspecified atom stereocenters. The number of anilines is 1. The van der Waals surface area contributed by atoms with Gasteiger partial charge in [-0.25, -0.2) is 19.3 Å². The number of nitrogens with zero attached hydrogens (tertiary/aromatic N) is 3. The number of aromatic nitrogens is 4. The molecule has 2 heterocycles. The molecule has 1 aromatic carbocycles. The summed E-state index contributed by atoms with van der Waals surface area (Å²) in [6.07, 6.45) is 0. The highest BCUT2D eigenvalue weighted by atomic mass is 79.9. The molecule has 0 saturated heterocycles. The average molecular weight is 427 g/mol. The molecule has 7 nitrogen and oxygen atoms in total. The molecule has 22 heavy (non-hydrogen) atoms. The first kappa shape index (κ1) is 14.9. The number of hydrogen-bond donors (Lipinski definition) is 2. The summed E-state index contributed by atoms with van der Waals surface area (Å²) < 4.78 is 2.41. The van der Waals surface area contributed by atoms with E-state index >= 15 is 0 Å². The molecular weight excluding hydrogens is 418 g/mol. The van der Waals surface area contributed by atoms with Crippen LogP contribution in [0.4, 0.5) is 5.69 Å². The Morgan fingerprint density at radius 1 is 1.27 bits per heavy atom. The molecular formula is C13H9Br2N5O2. The van der Waals surface area contributed by atoms with Crippen LogP contribution in [0, 0.1) is 0 Å². The van der Waals surface area contributed by atoms with Crippen LogP contribution in [0.5, 0.6) is 0 Å². The second kappa shape index (κ2) is 5.65. The molecule has 112 valence electrons. The van der Waals surface area contributed by atoms with E-state index in [4.69, 9.17) is 0 Å². The van der Waals surface area contributed by atoms with E-state index in [1.54, 1.807) is 24.3 Å². The van der Waals surface area contributed by atoms with Crippen LogP contribution in [0.2, 0.25) is 0 Å². The van der Waals surface area contributed by atoms with E-state index in [1.807, 2.05) is 0 Å². The number of carbonyl (C=O) groups is 1. The van der Waals surface area contributed by atoms with Gasteiger partial charge in [-0.2, -0.15) is 5.10 Å². The van der Waals surface area contributed by atoms with E-state index in [9.17, 15) is 9.59 Å². The minimum Gasteiger partial charge on any atom is -0.326 e. The van der Waals surface area contributed by atoms with Crippen LogP contribution in [0.1, 0.15) is 6.92 Å². The fourth-order valence-corrected chi connectivity index (χ4v) is 2.79. The van der Waals surface area contributed by atoms with Crippen LogP contribution >= 0.6 is 31.9 Å². The number of benzene rings is 1. The molecule has 0 aliphatic carbocycles. The van der Waals surface area contributed by atoms with Crippen molar-refractivity contribution in [1.82, 2.24) is 19.6 Å². The lowest BCUT2D eigenvalue weighted by atomic mass is 10.1. The number of amides is 1. The van der Waals surface area contributed by atoms with Gasteiger partial charge in [0.2, 0.25) is 5.91 Å². The van der Waals surface area contributed by atoms with Crippen molar-refractivity contribution in [2.24, 2.45) is 0 Å². The van der Waals surface area contributed by atoms with E-state index < -0.39 is 5.69 Å². The van der Waals surface area contributed by atoms with E-state index in [0.717, 1.165) is 5.56 Å². The number of hydrogen-bond acceptors (Lipinski definition) is 4. The summed E-state index contributed by atoms with van der Waals surface area (Å²) in [6, 6.07) is 7.10. The Balaban J connectivity index is 2.14. The van der Waals surface area contributed by atoms with Gasteiger partial charge in [0.15, 0.2) is 5.65 Å². The summed E-state index contributed by atoms with van der Waals surface area (Å²) in [7, 11) is 0. The molecule has 0 radical (unpaired) electrons. The molecule has 0 aliphatic rings. The Kier molecular flexibility index (Phi) is 3.83. The van der Waals surface area contributed by atoms with Crippen molar-refractivity contribution in [2.75, 3.05) is 5.32 Å². The molecule has 0 spiro atoms. The van der Waals surface area contributed by atoms with Crippen LogP contribution in [0.3, 0.4) is 0 Å². The highest BCUT2D eigenvalue weighted by Crippen LogP contribution is 2.28. The summed E-state index contributed by atoms with van der Waals surface area (Å²) in [4.78, 5) is 27.2. The Morgan fingerprint density at radius 2 is 1.95 bits per heavy atom. The molecule has 0 saturated carbocycles. The van der Waals surface area contributed by atoms with Gasteiger partial charge in [-0.3, -0.25) is 4.79 Å². The van der Waals surface area contributed by atoms with Gasteiger partial charge in [0.1, 0.15) is 14.9 Å². The van der Waals surface area contributed by atoms with Gasteiger partial charge < -0.3 is 5.32 Å². The summed E-state index contributed by atoms with van der Waals surface area (Å²) in [5.74, 6) is -0.140. The van der Waals surface area contributed by atoms with Gasteiger partial charge in [0, 0.05) is 18.2 Å². The van der Waals surface area contributed by atoms with E-state index in [0.29, 0.717) is 26.2 Å². The maximum Gasteiger partial charge on any atom is 0.348 e. The highest BCUT2D eigenvalue weighted by Gasteiger charge is 2.16. The van der Waals surface area contributed by atoms with Crippen molar-refractivity contribution >= 4 is 49.1 Å². The maximum atomic E-state index is 11.9. The van der Waals surface area contributed by atoms with Crippen LogP contribution in [0.15, 0.2) is 38.3 Å². The lowest BCUT2D eigenvalue weighted by Crippen LogP contribution is -2.18. The van der Waals surface area contributed by atoms with E-state index in [2.05, 4.69) is 52.4 Å². The van der Waals surface area contributed by atoms with Gasteiger partial charge >= 0.3 is 5.69 Å². The van der Waals surface area contributed by atoms with Crippen LogP contribution in [-0.4, -0.2) is 25.5 Å². The zero-order valence-electron chi connectivity index (χ0n) is 11.2. The van der Waals surface area contributed by atoms with Gasteiger partial charge in [0.05, 0.1) is 0 Å². The van der Waals surface area contributed by atoms with Gasteiger partial charge in [-0.15, -0.1) is 0 Å². The lowest BCUT2D eigenvalue weighted by molar-refractivity contribution is -0.114. The molecule has 2 N–H and O–H groups in total. The second-order valence-corrected chi connectivity index (χ2v) is 5.99. The molecule has 0 aliphatic heterocycles. The molecule has 0 bridgehead atoms. The van der Waals surface area contributed by atoms with E-state index in [1.165, 1.54) is 11.3 Å². The van der Waals surface area contributed by atoms with Gasteiger partial charge in [-0.1, -0.05) is 12.1 Å². The van der Waals surface area contributed by atoms with Gasteiger partial charge in [-0.05, 0) is 44.0 Å². The third-order valence-electron chi connectivity index (χ3n) is 2.94. The van der Waals surface area contributed by atoms with Crippen molar-refractivity contribution in [3.63, 3.8) is 0 Å². The maximum absolute atomic E-state index is 11.9. The smallest absolute Gasteiger partial charge is 0.326 e. The number of aromatic amines is 1. The molecule has 0 atom stereocenters. The zero-order valence-corrected chi connectivity index (χ0v) is 14.4. The normalized spacial score (nSPS) is 10.9. The van der Waals surface area contributed by atoms with Crippen LogP contribution in [0.25, 0.3) is 16.9 Å². The predicted octanol–water partition coefficient (Wildman–Crippen LogP) is 2.57. The molecule has 0 fully saturated rings. The quantitative estimate of drug-likeness (QED) is 0.658. The molecule has 2 aromatic heterocycles. The standard InChI is InChI=1S/C13H9Br2N5O2/c1-6(21)16-8-4-2-7(3-5-8)9-12-17-10(14)11(15)20(12)13(22)19-18-9/h2-5H,1H3,(H,16,21)(H,19,22). The third kappa shape index (κ3) is 2.57. The Bertz CT molecular complexity index is 930. The first-order chi connectivity index (χ1) is 10.5. The first-order valence-corrected chi connectivity index (χ1v) is 7.76. The molecule has 9 heteroatoms. The van der Waals surface area contributed by atoms with Crippen molar-refractivity contribution in [3.05, 3.63) is 44.0 Å². The van der Waals surface area contributed by atoms with Crippen molar-refractivity contribution in [2.45, 2.75) is 6.92 Å². The summed E-state index contributed by atoms with van der Waals surface area (Å²) in [5, 5.41) is 9.20. The fraction of sp³-hybridized carbons (Fsp3) is 0.0769. The average Bonchev–Trinajstić information content (AvgIpc) is 2.77. The van der Waals surface area contributed by atoms with Crippen molar-refractivity contribution < 1.29 is 4.79 Å². The Morgan fingerprint density at radius 3 is 2.59 bits per heavy atom. The number of halogens is 2. The van der Waals surface area contributed by atoms with Crippen molar-refractivity contribution in [3.8, 4) is 11.3 Å². The largest absolute Gasteiger partial charge is 0.348 e. The van der Waals surface area contributed by atoms with E-state index in [-0.39, 0.29) is 5.91 Å². The molecule has 1 amide bonds. The predicted molar refractivity (Wildman–Crippen MR) is 88.7 cm³/mol. The SMILES string of the molecule is CC(=O)Nc1ccc(-c2n[nH]c(=O)n3c(Br)c(Br)nc23)cc1. The fourth-order valence-electron chi connectivity index (χ4n) is 2.03. The molecule has 3 rings (SSSR count). The topological polar surface area (TPSA) is 92.1 Å². The third-order valence-corrected chi connectivity index (χ3v) is 4.75. The monoisotopic (exact) mass is 425 g/mol. The van der Waals surface area contributed by atoms with Crippen LogP contribution in [-0.2, 0) is 4.79 Å². The Hall–Kier alpha value is -2.00. The Labute approximate surface area is 141 Å². The van der Waals surface area contributed by atoms with Gasteiger partial charge in [0.25, 0.3) is 0 Å². The van der Waals surface area contributed by atoms with Crippen LogP contribution < -0.4 is 11.0 Å². The number of rotatable bonds is 2. The summed E-state index contributed by atoms with van der Waals surface area (Å²) in [5.41, 5.74) is 2.01. The summed E-state index contributed by atoms with van der Waals surface area (Å²) in [6.45, 7) is 1.44. The second-order valence-electron chi connectivity index (χ2n) is 4.49. The number of nitrogens with one attached hydrogen (secondary N) is 2. The minimum absolute atomic E-state index is 0.140. The molecule has 3 aromatic rings. The number of H-pyrrole nitrogens is 1. The summed E-state index contributed by atoms with van der Waals surface area (Å²) >= 11 is 6.59. The highest BCUT2D eigenvalue weighted by molar-refractivity contribution is 9.13. The number of carbonyl (C=O) groups excluding carboxylic acids is 1. The number of fused-ring (bicyclic) bond motifs is 1. The first-order valence-electron chi connectivity index (χ1n) is 6.17. The van der Waals surface area contributed by atoms with Crippen molar-refractivity contribution in [1.29, 1.82) is 0 Å². The number of imidazole rings is 1. The lowest BCUT2D eigenvalue weighted by Gasteiger charge is -2.05. The minimum atomic E-state index is -0.390.